The maximum atomic E-state index is 13.7. The van der Waals surface area contributed by atoms with Crippen molar-refractivity contribution in [1.82, 2.24) is 0 Å². The van der Waals surface area contributed by atoms with Crippen LogP contribution in [0.5, 0.6) is 0 Å². The Labute approximate surface area is 104 Å². The minimum absolute atomic E-state index is 0.133. The average Bonchev–Trinajstić information content (AvgIpc) is 2.29. The van der Waals surface area contributed by atoms with E-state index < -0.39 is 26.4 Å². The lowest BCUT2D eigenvalue weighted by Gasteiger charge is -2.06. The fraction of sp³-hybridized carbons (Fsp3) is 0.0769. The molecule has 0 aliphatic heterocycles. The van der Waals surface area contributed by atoms with Crippen molar-refractivity contribution in [2.75, 3.05) is 0 Å². The summed E-state index contributed by atoms with van der Waals surface area (Å²) in [5.74, 6) is -1.35. The predicted molar refractivity (Wildman–Crippen MR) is 63.0 cm³/mol. The minimum atomic E-state index is -3.94. The first-order chi connectivity index (χ1) is 8.41. The molecule has 5 heteroatoms. The second-order valence-electron chi connectivity index (χ2n) is 3.89. The van der Waals surface area contributed by atoms with Gasteiger partial charge in [-0.3, -0.25) is 0 Å². The Morgan fingerprint density at radius 3 is 2.11 bits per heavy atom. The third kappa shape index (κ3) is 2.26. The van der Waals surface area contributed by atoms with E-state index in [1.54, 1.807) is 6.92 Å². The molecule has 0 aliphatic rings. The molecule has 0 bridgehead atoms. The first-order valence-corrected chi connectivity index (χ1v) is 6.66. The van der Waals surface area contributed by atoms with Crippen LogP contribution in [0, 0.1) is 18.6 Å². The Morgan fingerprint density at radius 1 is 0.944 bits per heavy atom. The van der Waals surface area contributed by atoms with Crippen molar-refractivity contribution in [3.8, 4) is 0 Å². The second-order valence-corrected chi connectivity index (χ2v) is 5.81. The smallest absolute Gasteiger partial charge is 0.209 e. The number of sulfone groups is 1. The maximum absolute atomic E-state index is 13.7. The quantitative estimate of drug-likeness (QED) is 0.784. The van der Waals surface area contributed by atoms with Gasteiger partial charge in [-0.15, -0.1) is 0 Å². The standard InChI is InChI=1S/C13H10F2O2S/c1-9-2-7-13(12(15)8-9)18(16,17)11-5-3-10(14)4-6-11/h2-8H,1H3. The highest BCUT2D eigenvalue weighted by atomic mass is 32.2. The van der Waals surface area contributed by atoms with Gasteiger partial charge in [-0.2, -0.15) is 0 Å². The Bertz CT molecular complexity index is 677. The minimum Gasteiger partial charge on any atom is -0.218 e. The molecule has 18 heavy (non-hydrogen) atoms. The van der Waals surface area contributed by atoms with Crippen molar-refractivity contribution in [3.05, 3.63) is 59.7 Å². The molecule has 0 spiro atoms. The van der Waals surface area contributed by atoms with E-state index in [9.17, 15) is 17.2 Å². The van der Waals surface area contributed by atoms with Gasteiger partial charge in [0, 0.05) is 0 Å². The van der Waals surface area contributed by atoms with Crippen molar-refractivity contribution >= 4 is 9.84 Å². The molecule has 0 unspecified atom stereocenters. The van der Waals surface area contributed by atoms with Crippen LogP contribution < -0.4 is 0 Å². The predicted octanol–water partition coefficient (Wildman–Crippen LogP) is 3.11. The summed E-state index contributed by atoms with van der Waals surface area (Å²) in [6.07, 6.45) is 0. The second kappa shape index (κ2) is 4.49. The van der Waals surface area contributed by atoms with Gasteiger partial charge in [-0.1, -0.05) is 6.07 Å². The normalized spacial score (nSPS) is 11.5. The highest BCUT2D eigenvalue weighted by Crippen LogP contribution is 2.24. The molecule has 0 saturated carbocycles. The molecule has 0 atom stereocenters. The van der Waals surface area contributed by atoms with Gasteiger partial charge in [0.25, 0.3) is 0 Å². The number of halogens is 2. The van der Waals surface area contributed by atoms with Gasteiger partial charge in [0.2, 0.25) is 9.84 Å². The zero-order valence-corrected chi connectivity index (χ0v) is 10.3. The number of benzene rings is 2. The van der Waals surface area contributed by atoms with Gasteiger partial charge < -0.3 is 0 Å². The van der Waals surface area contributed by atoms with Crippen LogP contribution in [0.25, 0.3) is 0 Å². The Balaban J connectivity index is 2.58. The van der Waals surface area contributed by atoms with Crippen molar-refractivity contribution in [2.24, 2.45) is 0 Å². The SMILES string of the molecule is Cc1ccc(S(=O)(=O)c2ccc(F)cc2)c(F)c1. The van der Waals surface area contributed by atoms with Crippen molar-refractivity contribution in [1.29, 1.82) is 0 Å². The fourth-order valence-electron chi connectivity index (χ4n) is 1.56. The van der Waals surface area contributed by atoms with Crippen LogP contribution >= 0.6 is 0 Å². The summed E-state index contributed by atoms with van der Waals surface area (Å²) in [6.45, 7) is 1.66. The molecular weight excluding hydrogens is 258 g/mol. The molecular formula is C13H10F2O2S. The third-order valence-electron chi connectivity index (χ3n) is 2.50. The average molecular weight is 268 g/mol. The first-order valence-electron chi connectivity index (χ1n) is 5.18. The summed E-state index contributed by atoms with van der Waals surface area (Å²) in [6, 6.07) is 8.16. The van der Waals surface area contributed by atoms with E-state index in [2.05, 4.69) is 0 Å². The molecule has 0 radical (unpaired) electrons. The molecule has 2 aromatic rings. The molecule has 0 heterocycles. The van der Waals surface area contributed by atoms with Gasteiger partial charge in [0.05, 0.1) is 4.90 Å². The first kappa shape index (κ1) is 12.7. The van der Waals surface area contributed by atoms with E-state index in [0.29, 0.717) is 5.56 Å². The molecule has 0 aromatic heterocycles. The van der Waals surface area contributed by atoms with Gasteiger partial charge in [0.1, 0.15) is 16.5 Å². The molecule has 0 aliphatic carbocycles. The van der Waals surface area contributed by atoms with Crippen LogP contribution in [0.2, 0.25) is 0 Å². The van der Waals surface area contributed by atoms with Gasteiger partial charge >= 0.3 is 0 Å². The number of hydrogen-bond acceptors (Lipinski definition) is 2. The molecule has 0 N–H and O–H groups in total. The molecule has 94 valence electrons. The van der Waals surface area contributed by atoms with E-state index in [0.717, 1.165) is 30.3 Å². The Morgan fingerprint density at radius 2 is 1.56 bits per heavy atom. The van der Waals surface area contributed by atoms with Crippen LogP contribution in [-0.4, -0.2) is 8.42 Å². The van der Waals surface area contributed by atoms with Crippen LogP contribution in [0.15, 0.2) is 52.3 Å². The Kier molecular flexibility index (Phi) is 3.17. The highest BCUT2D eigenvalue weighted by molar-refractivity contribution is 7.91. The summed E-state index contributed by atoms with van der Waals surface area (Å²) < 4.78 is 50.6. The van der Waals surface area contributed by atoms with Crippen LogP contribution in [-0.2, 0) is 9.84 Å². The molecule has 2 rings (SSSR count). The third-order valence-corrected chi connectivity index (χ3v) is 4.30. The maximum Gasteiger partial charge on any atom is 0.209 e. The summed E-state index contributed by atoms with van der Waals surface area (Å²) in [7, 11) is -3.94. The molecule has 0 saturated heterocycles. The van der Waals surface area contributed by atoms with E-state index in [4.69, 9.17) is 0 Å². The number of hydrogen-bond donors (Lipinski definition) is 0. The van der Waals surface area contributed by atoms with E-state index >= 15 is 0 Å². The summed E-state index contributed by atoms with van der Waals surface area (Å²) >= 11 is 0. The van der Waals surface area contributed by atoms with E-state index in [1.165, 1.54) is 12.1 Å². The molecule has 0 amide bonds. The van der Waals surface area contributed by atoms with E-state index in [-0.39, 0.29) is 4.90 Å². The van der Waals surface area contributed by atoms with Crippen molar-refractivity contribution in [3.63, 3.8) is 0 Å². The monoisotopic (exact) mass is 268 g/mol. The number of rotatable bonds is 2. The molecule has 2 aromatic carbocycles. The van der Waals surface area contributed by atoms with Gasteiger partial charge in [-0.25, -0.2) is 17.2 Å². The van der Waals surface area contributed by atoms with Crippen molar-refractivity contribution in [2.45, 2.75) is 16.7 Å². The number of aryl methyl sites for hydroxylation is 1. The van der Waals surface area contributed by atoms with Gasteiger partial charge in [0.15, 0.2) is 0 Å². The Hall–Kier alpha value is -1.75. The summed E-state index contributed by atoms with van der Waals surface area (Å²) in [4.78, 5) is -0.536. The topological polar surface area (TPSA) is 34.1 Å². The summed E-state index contributed by atoms with van der Waals surface area (Å²) in [5, 5.41) is 0. The highest BCUT2D eigenvalue weighted by Gasteiger charge is 2.21. The zero-order chi connectivity index (χ0) is 13.3. The van der Waals surface area contributed by atoms with E-state index in [1.807, 2.05) is 0 Å². The van der Waals surface area contributed by atoms with Crippen LogP contribution in [0.4, 0.5) is 8.78 Å². The zero-order valence-electron chi connectivity index (χ0n) is 9.52. The van der Waals surface area contributed by atoms with Crippen LogP contribution in [0.3, 0.4) is 0 Å². The van der Waals surface area contributed by atoms with Gasteiger partial charge in [-0.05, 0) is 48.9 Å². The summed E-state index contributed by atoms with van der Waals surface area (Å²) in [5.41, 5.74) is 0.630. The van der Waals surface area contributed by atoms with Crippen molar-refractivity contribution < 1.29 is 17.2 Å². The van der Waals surface area contributed by atoms with Crippen LogP contribution in [0.1, 0.15) is 5.56 Å². The lowest BCUT2D eigenvalue weighted by atomic mass is 10.2. The lowest BCUT2D eigenvalue weighted by molar-refractivity contribution is 0.566. The largest absolute Gasteiger partial charge is 0.218 e. The molecule has 0 fully saturated rings. The fourth-order valence-corrected chi connectivity index (χ4v) is 2.88. The molecule has 2 nitrogen and oxygen atoms in total. The lowest BCUT2D eigenvalue weighted by Crippen LogP contribution is -2.04.